The molecule has 3 N–H and O–H groups in total. The first-order valence-electron chi connectivity index (χ1n) is 8.53. The van der Waals surface area contributed by atoms with Crippen LogP contribution in [0, 0.1) is 17.3 Å². The van der Waals surface area contributed by atoms with Crippen LogP contribution in [0.1, 0.15) is 60.3 Å². The van der Waals surface area contributed by atoms with Crippen LogP contribution >= 0.6 is 0 Å². The smallest absolute Gasteiger partial charge is 0.189 e. The van der Waals surface area contributed by atoms with Crippen molar-refractivity contribution >= 4 is 5.96 Å². The van der Waals surface area contributed by atoms with Gasteiger partial charge in [-0.3, -0.25) is 0 Å². The van der Waals surface area contributed by atoms with Crippen molar-refractivity contribution in [1.29, 1.82) is 0 Å². The first-order valence-corrected chi connectivity index (χ1v) is 8.53. The summed E-state index contributed by atoms with van der Waals surface area (Å²) < 4.78 is 5.81. The third kappa shape index (κ3) is 3.71. The molecule has 4 heteroatoms. The molecule has 1 aliphatic heterocycles. The zero-order chi connectivity index (χ0) is 15.6. The highest BCUT2D eigenvalue weighted by Crippen LogP contribution is 2.53. The number of nitrogens with zero attached hydrogens (tertiary/aromatic N) is 1. The number of nitrogens with one attached hydrogen (secondary N) is 1. The molecule has 1 aliphatic carbocycles. The van der Waals surface area contributed by atoms with Crippen molar-refractivity contribution in [2.45, 2.75) is 78.5 Å². The number of fused-ring (bicyclic) bond motifs is 1. The average molecular weight is 295 g/mol. The van der Waals surface area contributed by atoms with Crippen LogP contribution < -0.4 is 11.1 Å². The number of rotatable bonds is 6. The van der Waals surface area contributed by atoms with Crippen molar-refractivity contribution < 1.29 is 4.74 Å². The van der Waals surface area contributed by atoms with Gasteiger partial charge >= 0.3 is 0 Å². The SMILES string of the molecule is CC(C)CCCC(C)NC(N)=NC1C2CCOC2C1(C)C. The topological polar surface area (TPSA) is 59.6 Å². The Bertz CT molecular complexity index is 378. The van der Waals surface area contributed by atoms with Crippen LogP contribution in [0.25, 0.3) is 0 Å². The van der Waals surface area contributed by atoms with E-state index in [1.54, 1.807) is 0 Å². The van der Waals surface area contributed by atoms with Crippen LogP contribution in [-0.2, 0) is 4.74 Å². The van der Waals surface area contributed by atoms with Gasteiger partial charge in [-0.25, -0.2) is 4.99 Å². The van der Waals surface area contributed by atoms with Crippen LogP contribution in [0.4, 0.5) is 0 Å². The number of hydrogen-bond acceptors (Lipinski definition) is 2. The van der Waals surface area contributed by atoms with E-state index in [9.17, 15) is 0 Å². The quantitative estimate of drug-likeness (QED) is 0.585. The fourth-order valence-corrected chi connectivity index (χ4v) is 3.90. The summed E-state index contributed by atoms with van der Waals surface area (Å²) >= 11 is 0. The van der Waals surface area contributed by atoms with E-state index in [0.717, 1.165) is 25.4 Å². The summed E-state index contributed by atoms with van der Waals surface area (Å²) in [6.07, 6.45) is 5.17. The highest BCUT2D eigenvalue weighted by atomic mass is 16.5. The number of hydrogen-bond donors (Lipinski definition) is 2. The fraction of sp³-hybridized carbons (Fsp3) is 0.941. The minimum atomic E-state index is 0.119. The molecule has 0 aromatic rings. The predicted molar refractivity (Wildman–Crippen MR) is 88.3 cm³/mol. The molecule has 1 saturated heterocycles. The third-order valence-corrected chi connectivity index (χ3v) is 5.13. The highest BCUT2D eigenvalue weighted by molar-refractivity contribution is 5.78. The van der Waals surface area contributed by atoms with E-state index < -0.39 is 0 Å². The van der Waals surface area contributed by atoms with Crippen molar-refractivity contribution in [3.05, 3.63) is 0 Å². The Labute approximate surface area is 129 Å². The maximum Gasteiger partial charge on any atom is 0.189 e. The molecule has 1 heterocycles. The molecular weight excluding hydrogens is 262 g/mol. The summed E-state index contributed by atoms with van der Waals surface area (Å²) in [4.78, 5) is 4.76. The van der Waals surface area contributed by atoms with Crippen LogP contribution in [0.15, 0.2) is 4.99 Å². The van der Waals surface area contributed by atoms with Crippen molar-refractivity contribution in [2.24, 2.45) is 28.0 Å². The summed E-state index contributed by atoms with van der Waals surface area (Å²) in [5.74, 6) is 1.95. The molecule has 2 fully saturated rings. The second-order valence-corrected chi connectivity index (χ2v) is 7.89. The Hall–Kier alpha value is -0.770. The minimum absolute atomic E-state index is 0.119. The molecule has 4 nitrogen and oxygen atoms in total. The lowest BCUT2D eigenvalue weighted by Gasteiger charge is -2.52. The van der Waals surface area contributed by atoms with E-state index in [4.69, 9.17) is 15.5 Å². The molecule has 0 aromatic heterocycles. The lowest BCUT2D eigenvalue weighted by Crippen LogP contribution is -2.60. The van der Waals surface area contributed by atoms with Crippen LogP contribution in [0.3, 0.4) is 0 Å². The standard InChI is InChI=1S/C17H33N3O/c1-11(2)7-6-8-12(3)19-16(18)20-14-13-9-10-21-15(13)17(14,4)5/h11-15H,6-10H2,1-5H3,(H3,18,19,20). The van der Waals surface area contributed by atoms with E-state index in [2.05, 4.69) is 39.9 Å². The molecule has 1 saturated carbocycles. The Morgan fingerprint density at radius 3 is 2.71 bits per heavy atom. The molecule has 0 aromatic carbocycles. The molecule has 4 atom stereocenters. The van der Waals surface area contributed by atoms with Gasteiger partial charge in [-0.15, -0.1) is 0 Å². The molecule has 0 radical (unpaired) electrons. The van der Waals surface area contributed by atoms with Crippen molar-refractivity contribution in [3.8, 4) is 0 Å². The second-order valence-electron chi connectivity index (χ2n) is 7.89. The van der Waals surface area contributed by atoms with Gasteiger partial charge < -0.3 is 15.8 Å². The molecule has 0 amide bonds. The van der Waals surface area contributed by atoms with Gasteiger partial charge in [0, 0.05) is 24.0 Å². The van der Waals surface area contributed by atoms with Crippen molar-refractivity contribution in [2.75, 3.05) is 6.61 Å². The average Bonchev–Trinajstić information content (AvgIpc) is 2.82. The fourth-order valence-electron chi connectivity index (χ4n) is 3.90. The molecule has 2 aliphatic rings. The maximum absolute atomic E-state index is 6.12. The Kier molecular flexibility index (Phi) is 5.18. The van der Waals surface area contributed by atoms with Gasteiger partial charge in [-0.1, -0.05) is 40.5 Å². The molecule has 4 unspecified atom stereocenters. The molecule has 0 bridgehead atoms. The molecule has 0 spiro atoms. The summed E-state index contributed by atoms with van der Waals surface area (Å²) in [6, 6.07) is 0.701. The molecule has 21 heavy (non-hydrogen) atoms. The molecule has 122 valence electrons. The largest absolute Gasteiger partial charge is 0.377 e. The zero-order valence-electron chi connectivity index (χ0n) is 14.4. The number of nitrogens with two attached hydrogens (primary N) is 1. The van der Waals surface area contributed by atoms with Crippen LogP contribution in [-0.4, -0.2) is 30.8 Å². The molecular formula is C17H33N3O. The van der Waals surface area contributed by atoms with Crippen LogP contribution in [0.5, 0.6) is 0 Å². The van der Waals surface area contributed by atoms with Crippen molar-refractivity contribution in [3.63, 3.8) is 0 Å². The number of guanidine groups is 1. The normalized spacial score (nSPS) is 32.7. The lowest BCUT2D eigenvalue weighted by atomic mass is 9.57. The number of aliphatic imine (C=N–C) groups is 1. The summed E-state index contributed by atoms with van der Waals surface area (Å²) in [5, 5.41) is 3.36. The van der Waals surface area contributed by atoms with Gasteiger partial charge in [-0.05, 0) is 25.7 Å². The summed E-state index contributed by atoms with van der Waals surface area (Å²) in [7, 11) is 0. The molecule has 2 rings (SSSR count). The van der Waals surface area contributed by atoms with Crippen molar-refractivity contribution in [1.82, 2.24) is 5.32 Å². The number of ether oxygens (including phenoxy) is 1. The summed E-state index contributed by atoms with van der Waals surface area (Å²) in [6.45, 7) is 12.1. The van der Waals surface area contributed by atoms with Gasteiger partial charge in [0.05, 0.1) is 12.1 Å². The minimum Gasteiger partial charge on any atom is -0.377 e. The van der Waals surface area contributed by atoms with Gasteiger partial charge in [-0.2, -0.15) is 0 Å². The van der Waals surface area contributed by atoms with E-state index in [1.807, 2.05) is 0 Å². The van der Waals surface area contributed by atoms with Gasteiger partial charge in [0.15, 0.2) is 5.96 Å². The third-order valence-electron chi connectivity index (χ3n) is 5.13. The van der Waals surface area contributed by atoms with Gasteiger partial charge in [0.2, 0.25) is 0 Å². The zero-order valence-corrected chi connectivity index (χ0v) is 14.4. The Balaban J connectivity index is 1.81. The monoisotopic (exact) mass is 295 g/mol. The Morgan fingerprint density at radius 2 is 2.05 bits per heavy atom. The van der Waals surface area contributed by atoms with E-state index in [0.29, 0.717) is 30.1 Å². The summed E-state index contributed by atoms with van der Waals surface area (Å²) in [5.41, 5.74) is 6.24. The second kappa shape index (κ2) is 6.55. The van der Waals surface area contributed by atoms with E-state index in [1.165, 1.54) is 12.8 Å². The first kappa shape index (κ1) is 16.6. The maximum atomic E-state index is 6.12. The highest BCUT2D eigenvalue weighted by Gasteiger charge is 2.59. The van der Waals surface area contributed by atoms with Gasteiger partial charge in [0.1, 0.15) is 0 Å². The van der Waals surface area contributed by atoms with E-state index in [-0.39, 0.29) is 5.41 Å². The lowest BCUT2D eigenvalue weighted by molar-refractivity contribution is -0.0986. The Morgan fingerprint density at radius 1 is 1.33 bits per heavy atom. The van der Waals surface area contributed by atoms with Gasteiger partial charge in [0.25, 0.3) is 0 Å². The predicted octanol–water partition coefficient (Wildman–Crippen LogP) is 2.92. The first-order chi connectivity index (χ1) is 9.82. The van der Waals surface area contributed by atoms with Crippen LogP contribution in [0.2, 0.25) is 0 Å². The van der Waals surface area contributed by atoms with E-state index >= 15 is 0 Å².